The smallest absolute Gasteiger partial charge is 0.233 e. The molecule has 1 aromatic carbocycles. The van der Waals surface area contributed by atoms with Crippen molar-refractivity contribution in [3.05, 3.63) is 47.3 Å². The van der Waals surface area contributed by atoms with Crippen molar-refractivity contribution < 1.29 is 19.1 Å². The highest BCUT2D eigenvalue weighted by molar-refractivity contribution is 6.06. The summed E-state index contributed by atoms with van der Waals surface area (Å²) in [6, 6.07) is 4.55. The lowest BCUT2D eigenvalue weighted by molar-refractivity contribution is -0.140. The maximum absolute atomic E-state index is 13.5. The van der Waals surface area contributed by atoms with Crippen LogP contribution in [0.2, 0.25) is 0 Å². The van der Waals surface area contributed by atoms with Gasteiger partial charge in [-0.1, -0.05) is 18.2 Å². The van der Waals surface area contributed by atoms with Crippen LogP contribution < -0.4 is 10.6 Å². The van der Waals surface area contributed by atoms with E-state index in [1.165, 1.54) is 11.0 Å². The third-order valence-electron chi connectivity index (χ3n) is 6.15. The van der Waals surface area contributed by atoms with Gasteiger partial charge in [0.15, 0.2) is 5.96 Å². The van der Waals surface area contributed by atoms with Gasteiger partial charge in [-0.25, -0.2) is 4.39 Å². The third kappa shape index (κ3) is 3.53. The van der Waals surface area contributed by atoms with Crippen LogP contribution in [-0.2, 0) is 22.7 Å². The van der Waals surface area contributed by atoms with E-state index in [2.05, 4.69) is 27.8 Å². The van der Waals surface area contributed by atoms with Crippen molar-refractivity contribution in [2.24, 2.45) is 28.7 Å². The quantitative estimate of drug-likeness (QED) is 0.284. The van der Waals surface area contributed by atoms with E-state index in [1.54, 1.807) is 19.2 Å². The molecular formula is C21H25FN4O3. The van der Waals surface area contributed by atoms with Crippen molar-refractivity contribution in [2.75, 3.05) is 20.1 Å². The molecule has 2 aliphatic carbocycles. The molecule has 1 saturated heterocycles. The summed E-state index contributed by atoms with van der Waals surface area (Å²) in [6.45, 7) is 0.734. The molecule has 4 unspecified atom stereocenters. The predicted octanol–water partition coefficient (Wildman–Crippen LogP) is 0.790. The zero-order valence-corrected chi connectivity index (χ0v) is 16.3. The van der Waals surface area contributed by atoms with E-state index in [4.69, 9.17) is 5.11 Å². The minimum absolute atomic E-state index is 0.0514. The highest BCUT2D eigenvalue weighted by Gasteiger charge is 2.58. The van der Waals surface area contributed by atoms with Crippen LogP contribution in [0, 0.1) is 29.5 Å². The minimum Gasteiger partial charge on any atom is -0.392 e. The fourth-order valence-corrected chi connectivity index (χ4v) is 4.74. The second-order valence-corrected chi connectivity index (χ2v) is 7.76. The van der Waals surface area contributed by atoms with E-state index in [-0.39, 0.29) is 47.7 Å². The number of nitrogens with zero attached hydrogens (tertiary/aromatic N) is 2. The summed E-state index contributed by atoms with van der Waals surface area (Å²) in [6.07, 6.45) is 5.10. The summed E-state index contributed by atoms with van der Waals surface area (Å²) in [5.41, 5.74) is 1.05. The molecule has 4 rings (SSSR count). The molecule has 4 atom stereocenters. The minimum atomic E-state index is -0.438. The Kier molecular flexibility index (Phi) is 5.36. The Morgan fingerprint density at radius 3 is 2.52 bits per heavy atom. The molecule has 3 aliphatic rings. The molecule has 3 N–H and O–H groups in total. The fraction of sp³-hybridized carbons (Fsp3) is 0.476. The Morgan fingerprint density at radius 1 is 1.21 bits per heavy atom. The molecule has 2 bridgehead atoms. The molecule has 1 saturated carbocycles. The SMILES string of the molecule is CN=C(NCCN1C(=O)C2C3C=CC(C3)C2C1=O)NCc1ccc(F)c(CO)c1. The van der Waals surface area contributed by atoms with E-state index in [1.807, 2.05) is 0 Å². The molecule has 8 heteroatoms. The Labute approximate surface area is 168 Å². The predicted molar refractivity (Wildman–Crippen MR) is 105 cm³/mol. The van der Waals surface area contributed by atoms with Gasteiger partial charge in [-0.2, -0.15) is 0 Å². The second kappa shape index (κ2) is 7.94. The van der Waals surface area contributed by atoms with Gasteiger partial charge in [0.1, 0.15) is 5.82 Å². The van der Waals surface area contributed by atoms with Crippen molar-refractivity contribution in [3.63, 3.8) is 0 Å². The first-order chi connectivity index (χ1) is 14.0. The summed E-state index contributed by atoms with van der Waals surface area (Å²) in [4.78, 5) is 30.9. The number of fused-ring (bicyclic) bond motifs is 5. The number of nitrogens with one attached hydrogen (secondary N) is 2. The Balaban J connectivity index is 1.28. The average molecular weight is 400 g/mol. The van der Waals surface area contributed by atoms with Gasteiger partial charge < -0.3 is 15.7 Å². The topological polar surface area (TPSA) is 94.0 Å². The number of aliphatic hydroxyl groups excluding tert-OH is 1. The highest BCUT2D eigenvalue weighted by atomic mass is 19.1. The summed E-state index contributed by atoms with van der Waals surface area (Å²) in [5, 5.41) is 15.4. The van der Waals surface area contributed by atoms with E-state index < -0.39 is 5.82 Å². The van der Waals surface area contributed by atoms with Crippen LogP contribution in [0.3, 0.4) is 0 Å². The third-order valence-corrected chi connectivity index (χ3v) is 6.15. The molecule has 1 aliphatic heterocycles. The van der Waals surface area contributed by atoms with E-state index in [0.29, 0.717) is 25.6 Å². The van der Waals surface area contributed by atoms with Crippen LogP contribution >= 0.6 is 0 Å². The molecule has 1 heterocycles. The molecule has 2 fully saturated rings. The van der Waals surface area contributed by atoms with Gasteiger partial charge in [0.2, 0.25) is 11.8 Å². The number of hydrogen-bond acceptors (Lipinski definition) is 4. The van der Waals surface area contributed by atoms with Gasteiger partial charge >= 0.3 is 0 Å². The Bertz CT molecular complexity index is 855. The van der Waals surface area contributed by atoms with Crippen LogP contribution in [0.25, 0.3) is 0 Å². The summed E-state index contributed by atoms with van der Waals surface area (Å²) in [7, 11) is 1.62. The van der Waals surface area contributed by atoms with Crippen molar-refractivity contribution in [2.45, 2.75) is 19.6 Å². The fourth-order valence-electron chi connectivity index (χ4n) is 4.74. The molecule has 1 aromatic rings. The Hall–Kier alpha value is -2.74. The van der Waals surface area contributed by atoms with Gasteiger partial charge in [-0.05, 0) is 36.0 Å². The van der Waals surface area contributed by atoms with E-state index in [0.717, 1.165) is 12.0 Å². The molecular weight excluding hydrogens is 375 g/mol. The van der Waals surface area contributed by atoms with E-state index in [9.17, 15) is 14.0 Å². The van der Waals surface area contributed by atoms with Gasteiger partial charge in [0.05, 0.1) is 18.4 Å². The normalized spacial score (nSPS) is 27.7. The van der Waals surface area contributed by atoms with Crippen molar-refractivity contribution in [1.82, 2.24) is 15.5 Å². The first-order valence-electron chi connectivity index (χ1n) is 9.89. The number of aliphatic hydroxyl groups is 1. The first-order valence-corrected chi connectivity index (χ1v) is 9.89. The van der Waals surface area contributed by atoms with Crippen molar-refractivity contribution in [3.8, 4) is 0 Å². The van der Waals surface area contributed by atoms with Crippen molar-refractivity contribution in [1.29, 1.82) is 0 Å². The number of allylic oxidation sites excluding steroid dienone is 2. The van der Waals surface area contributed by atoms with Crippen LogP contribution in [0.5, 0.6) is 0 Å². The van der Waals surface area contributed by atoms with Crippen LogP contribution in [0.1, 0.15) is 17.5 Å². The first kappa shape index (κ1) is 19.6. The number of rotatable bonds is 6. The van der Waals surface area contributed by atoms with Gasteiger partial charge in [0.25, 0.3) is 0 Å². The zero-order valence-electron chi connectivity index (χ0n) is 16.3. The summed E-state index contributed by atoms with van der Waals surface area (Å²) in [5.74, 6) is 0.0619. The van der Waals surface area contributed by atoms with Gasteiger partial charge in [-0.3, -0.25) is 19.5 Å². The number of carbonyl (C=O) groups excluding carboxylic acids is 2. The lowest BCUT2D eigenvalue weighted by Crippen LogP contribution is -2.43. The second-order valence-electron chi connectivity index (χ2n) is 7.76. The monoisotopic (exact) mass is 400 g/mol. The molecule has 0 aromatic heterocycles. The molecule has 0 radical (unpaired) electrons. The Morgan fingerprint density at radius 2 is 1.90 bits per heavy atom. The van der Waals surface area contributed by atoms with Crippen molar-refractivity contribution >= 4 is 17.8 Å². The van der Waals surface area contributed by atoms with Crippen LogP contribution in [0.15, 0.2) is 35.3 Å². The molecule has 29 heavy (non-hydrogen) atoms. The van der Waals surface area contributed by atoms with Crippen LogP contribution in [0.4, 0.5) is 4.39 Å². The zero-order chi connectivity index (χ0) is 20.5. The summed E-state index contributed by atoms with van der Waals surface area (Å²) >= 11 is 0. The number of benzene rings is 1. The largest absolute Gasteiger partial charge is 0.392 e. The number of imide groups is 1. The number of amides is 2. The number of aliphatic imine (C=N–C) groups is 1. The maximum atomic E-state index is 13.5. The maximum Gasteiger partial charge on any atom is 0.233 e. The van der Waals surface area contributed by atoms with Crippen LogP contribution in [-0.4, -0.2) is 47.9 Å². The number of likely N-dealkylation sites (tertiary alicyclic amines) is 1. The molecule has 2 amide bonds. The molecule has 7 nitrogen and oxygen atoms in total. The molecule has 0 spiro atoms. The number of halogens is 1. The lowest BCUT2D eigenvalue weighted by Gasteiger charge is -2.18. The molecule has 154 valence electrons. The number of guanidine groups is 1. The standard InChI is InChI=1S/C21H25FN4O3/c1-23-21(25-10-12-2-5-16(22)15(8-12)11-27)24-6-7-26-19(28)17-13-3-4-14(9-13)18(17)20(26)29/h2-5,8,13-14,17-18,27H,6-7,9-11H2,1H3,(H2,23,24,25). The number of hydrogen-bond donors (Lipinski definition) is 3. The van der Waals surface area contributed by atoms with Gasteiger partial charge in [0, 0.05) is 32.2 Å². The highest BCUT2D eigenvalue weighted by Crippen LogP contribution is 2.52. The number of carbonyl (C=O) groups is 2. The lowest BCUT2D eigenvalue weighted by atomic mass is 9.85. The summed E-state index contributed by atoms with van der Waals surface area (Å²) < 4.78 is 13.5. The van der Waals surface area contributed by atoms with Gasteiger partial charge in [-0.15, -0.1) is 0 Å². The van der Waals surface area contributed by atoms with E-state index >= 15 is 0 Å². The average Bonchev–Trinajstić information content (AvgIpc) is 3.41.